The Hall–Kier alpha value is -0.480. The molecular weight excluding hydrogens is 228 g/mol. The van der Waals surface area contributed by atoms with Crippen molar-refractivity contribution in [2.45, 2.75) is 6.92 Å². The van der Waals surface area contributed by atoms with E-state index in [9.17, 15) is 0 Å². The summed E-state index contributed by atoms with van der Waals surface area (Å²) in [6, 6.07) is 0. The van der Waals surface area contributed by atoms with Crippen molar-refractivity contribution in [3.8, 4) is 0 Å². The van der Waals surface area contributed by atoms with E-state index in [1.807, 2.05) is 0 Å². The highest BCUT2D eigenvalue weighted by atomic mass is 17.9. The normalized spacial score (nSPS) is 10.8. The Labute approximate surface area is 81.8 Å². The predicted octanol–water partition coefficient (Wildman–Crippen LogP) is -0.146. The van der Waals surface area contributed by atoms with Gasteiger partial charge in [-0.25, -0.2) is 5.26 Å². The third-order valence-electron chi connectivity index (χ3n) is 0.609. The predicted molar refractivity (Wildman–Crippen MR) is 30.0 cm³/mol. The molecule has 92 valence electrons. The first-order valence-corrected chi connectivity index (χ1v) is 3.26. The quantitative estimate of drug-likeness (QED) is 0.210. The molecule has 0 heterocycles. The van der Waals surface area contributed by atoms with Crippen molar-refractivity contribution in [1.82, 2.24) is 0 Å². The van der Waals surface area contributed by atoms with Gasteiger partial charge in [0.25, 0.3) is 0 Å². The van der Waals surface area contributed by atoms with Crippen molar-refractivity contribution in [2.24, 2.45) is 0 Å². The van der Waals surface area contributed by atoms with E-state index in [1.165, 1.54) is 0 Å². The average Bonchev–Trinajstić information content (AvgIpc) is 2.26. The van der Waals surface area contributed by atoms with E-state index in [0.29, 0.717) is 6.61 Å². The fourth-order valence-electron chi connectivity index (χ4n) is 0.237. The van der Waals surface area contributed by atoms with Crippen LogP contribution in [0.15, 0.2) is 0 Å². The molecule has 0 aromatic heterocycles. The van der Waals surface area contributed by atoms with E-state index in [1.54, 1.807) is 6.92 Å². The Bertz CT molecular complexity index is 95.0. The highest BCUT2D eigenvalue weighted by molar-refractivity contribution is 4.00. The lowest BCUT2D eigenvalue weighted by atomic mass is 10.9. The summed E-state index contributed by atoms with van der Waals surface area (Å²) in [5, 5.41) is 38.7. The van der Waals surface area contributed by atoms with Crippen LogP contribution in [0.25, 0.3) is 0 Å². The van der Waals surface area contributed by atoms with Gasteiger partial charge in [-0.1, -0.05) is 0 Å². The summed E-state index contributed by atoms with van der Waals surface area (Å²) in [5.74, 6) is 0. The molecule has 15 heavy (non-hydrogen) atoms. The second-order valence-corrected chi connectivity index (χ2v) is 1.35. The van der Waals surface area contributed by atoms with Crippen LogP contribution in [-0.2, 0) is 55.0 Å². The summed E-state index contributed by atoms with van der Waals surface area (Å²) in [5.41, 5.74) is 0. The summed E-state index contributed by atoms with van der Waals surface area (Å²) in [7, 11) is 0. The van der Waals surface area contributed by atoms with E-state index in [-0.39, 0.29) is 6.79 Å². The smallest absolute Gasteiger partial charge is 0.183 e. The Morgan fingerprint density at radius 3 is 1.87 bits per heavy atom. The second kappa shape index (κ2) is 13.5. The van der Waals surface area contributed by atoms with Gasteiger partial charge in [0.05, 0.1) is 0 Å². The molecule has 0 saturated heterocycles. The first-order chi connectivity index (χ1) is 7.41. The topological polar surface area (TPSA) is 122 Å². The molecule has 1 N–H and O–H groups in total. The minimum absolute atomic E-state index is 0.179. The molecule has 0 atom stereocenters. The van der Waals surface area contributed by atoms with Gasteiger partial charge in [0, 0.05) is 6.61 Å². The van der Waals surface area contributed by atoms with Crippen LogP contribution in [0.2, 0.25) is 0 Å². The van der Waals surface area contributed by atoms with Crippen LogP contribution in [0.1, 0.15) is 6.92 Å². The summed E-state index contributed by atoms with van der Waals surface area (Å²) in [6.45, 7) is 2.00. The summed E-state index contributed by atoms with van der Waals surface area (Å²) in [4.78, 5) is 4.16. The van der Waals surface area contributed by atoms with Crippen molar-refractivity contribution in [3.05, 3.63) is 0 Å². The van der Waals surface area contributed by atoms with E-state index >= 15 is 0 Å². The SMILES string of the molecule is CCOCOOOOOOOOOOO. The number of hydrogen-bond donors (Lipinski definition) is 1. The molecule has 0 fully saturated rings. The van der Waals surface area contributed by atoms with E-state index in [4.69, 9.17) is 5.26 Å². The molecule has 0 rings (SSSR count). The third kappa shape index (κ3) is 13.5. The van der Waals surface area contributed by atoms with Gasteiger partial charge in [-0.15, -0.1) is 0 Å². The van der Waals surface area contributed by atoms with E-state index < -0.39 is 0 Å². The maximum absolute atomic E-state index is 7.48. The number of ether oxygens (including phenoxy) is 1. The molecule has 0 amide bonds. The van der Waals surface area contributed by atoms with Gasteiger partial charge < -0.3 is 4.74 Å². The van der Waals surface area contributed by atoms with Crippen molar-refractivity contribution < 1.29 is 60.2 Å². The van der Waals surface area contributed by atoms with Crippen molar-refractivity contribution in [3.63, 3.8) is 0 Å². The van der Waals surface area contributed by atoms with Gasteiger partial charge in [0.2, 0.25) is 0 Å². The molecule has 12 heteroatoms. The first-order valence-electron chi connectivity index (χ1n) is 3.26. The van der Waals surface area contributed by atoms with Crippen molar-refractivity contribution in [2.75, 3.05) is 13.4 Å². The zero-order valence-corrected chi connectivity index (χ0v) is 7.35. The molecule has 0 radical (unpaired) electrons. The van der Waals surface area contributed by atoms with Gasteiger partial charge in [-0.05, 0) is 52.3 Å². The lowest BCUT2D eigenvalue weighted by Crippen LogP contribution is -2.04. The highest BCUT2D eigenvalue weighted by Gasteiger charge is 1.95. The molecule has 0 unspecified atom stereocenters. The zero-order valence-electron chi connectivity index (χ0n) is 7.35. The van der Waals surface area contributed by atoms with Gasteiger partial charge in [0.1, 0.15) is 0 Å². The minimum Gasteiger partial charge on any atom is -0.352 e. The average molecular weight is 236 g/mol. The molecule has 0 spiro atoms. The van der Waals surface area contributed by atoms with Crippen LogP contribution in [0.5, 0.6) is 0 Å². The Morgan fingerprint density at radius 1 is 0.800 bits per heavy atom. The van der Waals surface area contributed by atoms with Gasteiger partial charge in [-0.3, -0.25) is 0 Å². The lowest BCUT2D eigenvalue weighted by Gasteiger charge is -1.99. The van der Waals surface area contributed by atoms with Crippen LogP contribution >= 0.6 is 0 Å². The van der Waals surface area contributed by atoms with Crippen LogP contribution in [0.3, 0.4) is 0 Å². The van der Waals surface area contributed by atoms with Crippen LogP contribution in [0, 0.1) is 0 Å². The molecule has 12 nitrogen and oxygen atoms in total. The molecule has 0 aliphatic heterocycles. The number of hydrogen-bond acceptors (Lipinski definition) is 12. The Kier molecular flexibility index (Phi) is 13.1. The van der Waals surface area contributed by atoms with Gasteiger partial charge >= 0.3 is 0 Å². The summed E-state index contributed by atoms with van der Waals surface area (Å²) >= 11 is 0. The summed E-state index contributed by atoms with van der Waals surface area (Å²) < 4.78 is 4.65. The lowest BCUT2D eigenvalue weighted by molar-refractivity contribution is -0.854. The second-order valence-electron chi connectivity index (χ2n) is 1.35. The molecular formula is C3H8O12. The Balaban J connectivity index is 2.81. The summed E-state index contributed by atoms with van der Waals surface area (Å²) in [6.07, 6.45) is 0. The maximum Gasteiger partial charge on any atom is 0.183 e. The molecule has 0 aromatic rings. The zero-order chi connectivity index (χ0) is 11.2. The minimum atomic E-state index is -0.179. The number of rotatable bonds is 12. The molecule has 0 bridgehead atoms. The fraction of sp³-hybridized carbons (Fsp3) is 1.00. The van der Waals surface area contributed by atoms with Gasteiger partial charge in [0.15, 0.2) is 6.79 Å². The molecule has 0 aromatic carbocycles. The van der Waals surface area contributed by atoms with Crippen LogP contribution in [-0.4, -0.2) is 18.7 Å². The first kappa shape index (κ1) is 14.5. The van der Waals surface area contributed by atoms with Crippen molar-refractivity contribution >= 4 is 0 Å². The highest BCUT2D eigenvalue weighted by Crippen LogP contribution is 1.89. The third-order valence-corrected chi connectivity index (χ3v) is 0.609. The van der Waals surface area contributed by atoms with Gasteiger partial charge in [-0.2, -0.15) is 4.89 Å². The largest absolute Gasteiger partial charge is 0.352 e. The fourth-order valence-corrected chi connectivity index (χ4v) is 0.237. The molecule has 0 aliphatic rings. The van der Waals surface area contributed by atoms with E-state index in [0.717, 1.165) is 0 Å². The maximum atomic E-state index is 7.48. The molecule has 0 aliphatic carbocycles. The molecule has 0 saturated carbocycles. The standard InChI is InChI=1S/C3H8O12/c1-2-5-3-6-8-10-12-14-15-13-11-9-7-4/h4H,2-3H2,1H3. The Morgan fingerprint density at radius 2 is 1.33 bits per heavy atom. The van der Waals surface area contributed by atoms with E-state index in [2.05, 4.69) is 55.0 Å². The monoisotopic (exact) mass is 236 g/mol. The van der Waals surface area contributed by atoms with Crippen molar-refractivity contribution in [1.29, 1.82) is 0 Å². The van der Waals surface area contributed by atoms with Crippen LogP contribution in [0.4, 0.5) is 0 Å². The van der Waals surface area contributed by atoms with Crippen LogP contribution < -0.4 is 0 Å².